The molecule has 0 saturated carbocycles. The summed E-state index contributed by atoms with van der Waals surface area (Å²) in [5, 5.41) is 7.48. The van der Waals surface area contributed by atoms with Crippen LogP contribution < -0.4 is 10.5 Å². The van der Waals surface area contributed by atoms with Crippen LogP contribution in [0.25, 0.3) is 0 Å². The fraction of sp³-hybridized carbons (Fsp3) is 0.0714. The highest BCUT2D eigenvalue weighted by atomic mass is 127. The third kappa shape index (κ3) is 3.22. The first-order valence-electron chi connectivity index (χ1n) is 5.47. The van der Waals surface area contributed by atoms with Crippen LogP contribution in [0.3, 0.4) is 0 Å². The molecule has 0 bridgehead atoms. The molecule has 0 spiro atoms. The highest BCUT2D eigenvalue weighted by Crippen LogP contribution is 2.19. The Balaban J connectivity index is 2.10. The third-order valence-corrected chi connectivity index (χ3v) is 3.20. The molecule has 3 nitrogen and oxygen atoms in total. The number of rotatable bonds is 4. The van der Waals surface area contributed by atoms with Crippen molar-refractivity contribution in [2.24, 2.45) is 5.73 Å². The molecular weight excluding hydrogens is 339 g/mol. The van der Waals surface area contributed by atoms with Crippen LogP contribution in [0, 0.1) is 8.98 Å². The molecule has 4 heteroatoms. The predicted molar refractivity (Wildman–Crippen MR) is 80.9 cm³/mol. The first kappa shape index (κ1) is 12.9. The van der Waals surface area contributed by atoms with Gasteiger partial charge in [-0.1, -0.05) is 24.3 Å². The summed E-state index contributed by atoms with van der Waals surface area (Å²) in [5.74, 6) is 0.664. The van der Waals surface area contributed by atoms with Gasteiger partial charge >= 0.3 is 0 Å². The van der Waals surface area contributed by atoms with E-state index in [4.69, 9.17) is 15.9 Å². The van der Waals surface area contributed by atoms with E-state index in [0.717, 1.165) is 5.56 Å². The van der Waals surface area contributed by atoms with Gasteiger partial charge in [0.2, 0.25) is 0 Å². The van der Waals surface area contributed by atoms with E-state index in [2.05, 4.69) is 22.6 Å². The van der Waals surface area contributed by atoms with Crippen LogP contribution in [0.2, 0.25) is 0 Å². The van der Waals surface area contributed by atoms with E-state index in [-0.39, 0.29) is 5.84 Å². The summed E-state index contributed by atoms with van der Waals surface area (Å²) in [7, 11) is 0. The molecule has 0 aliphatic rings. The Morgan fingerprint density at radius 2 is 1.78 bits per heavy atom. The molecule has 92 valence electrons. The van der Waals surface area contributed by atoms with Crippen molar-refractivity contribution in [2.45, 2.75) is 6.61 Å². The Hall–Kier alpha value is -1.56. The van der Waals surface area contributed by atoms with Gasteiger partial charge in [0.1, 0.15) is 18.2 Å². The van der Waals surface area contributed by atoms with Crippen molar-refractivity contribution in [1.29, 1.82) is 5.41 Å². The number of nitrogens with one attached hydrogen (secondary N) is 1. The minimum Gasteiger partial charge on any atom is -0.488 e. The van der Waals surface area contributed by atoms with Gasteiger partial charge in [-0.05, 0) is 52.4 Å². The van der Waals surface area contributed by atoms with Gasteiger partial charge in [-0.15, -0.1) is 0 Å². The van der Waals surface area contributed by atoms with Crippen molar-refractivity contribution in [3.05, 3.63) is 63.2 Å². The van der Waals surface area contributed by atoms with Crippen molar-refractivity contribution in [1.82, 2.24) is 0 Å². The minimum absolute atomic E-state index is 0.0215. The highest BCUT2D eigenvalue weighted by Gasteiger charge is 2.05. The Morgan fingerprint density at radius 3 is 2.44 bits per heavy atom. The molecule has 0 aromatic heterocycles. The molecule has 3 N–H and O–H groups in total. The number of para-hydroxylation sites is 1. The molecule has 0 unspecified atom stereocenters. The predicted octanol–water partition coefficient (Wildman–Crippen LogP) is 3.15. The molecule has 18 heavy (non-hydrogen) atoms. The van der Waals surface area contributed by atoms with Crippen LogP contribution >= 0.6 is 22.6 Å². The summed E-state index contributed by atoms with van der Waals surface area (Å²) in [6.07, 6.45) is 0. The van der Waals surface area contributed by atoms with Gasteiger partial charge in [0.05, 0.1) is 5.56 Å². The standard InChI is InChI=1S/C14H13IN2O/c15-11-7-5-10(6-8-11)9-18-13-4-2-1-3-12(13)14(16)17/h1-8H,9H2,(H3,16,17). The van der Waals surface area contributed by atoms with Gasteiger partial charge in [-0.3, -0.25) is 5.41 Å². The fourth-order valence-electron chi connectivity index (χ4n) is 1.56. The molecule has 0 aliphatic heterocycles. The molecule has 0 amide bonds. The Kier molecular flexibility index (Phi) is 4.19. The smallest absolute Gasteiger partial charge is 0.130 e. The molecule has 0 fully saturated rings. The summed E-state index contributed by atoms with van der Waals surface area (Å²) in [6.45, 7) is 0.473. The van der Waals surface area contributed by atoms with Gasteiger partial charge < -0.3 is 10.5 Å². The second-order valence-corrected chi connectivity index (χ2v) is 5.07. The van der Waals surface area contributed by atoms with Gasteiger partial charge in [-0.2, -0.15) is 0 Å². The second kappa shape index (κ2) is 5.86. The summed E-state index contributed by atoms with van der Waals surface area (Å²) in [5.41, 5.74) is 7.22. The van der Waals surface area contributed by atoms with E-state index >= 15 is 0 Å². The topological polar surface area (TPSA) is 59.1 Å². The number of hydrogen-bond donors (Lipinski definition) is 2. The van der Waals surface area contributed by atoms with Crippen molar-refractivity contribution in [3.8, 4) is 5.75 Å². The van der Waals surface area contributed by atoms with Crippen LogP contribution in [0.5, 0.6) is 5.75 Å². The van der Waals surface area contributed by atoms with Gasteiger partial charge in [0.25, 0.3) is 0 Å². The lowest BCUT2D eigenvalue weighted by Crippen LogP contribution is -2.13. The third-order valence-electron chi connectivity index (χ3n) is 2.48. The zero-order valence-electron chi connectivity index (χ0n) is 9.69. The monoisotopic (exact) mass is 352 g/mol. The quantitative estimate of drug-likeness (QED) is 0.505. The Labute approximate surface area is 120 Å². The van der Waals surface area contributed by atoms with E-state index in [0.29, 0.717) is 17.9 Å². The molecule has 2 aromatic rings. The average molecular weight is 352 g/mol. The molecule has 2 aromatic carbocycles. The maximum Gasteiger partial charge on any atom is 0.130 e. The Bertz CT molecular complexity index is 552. The number of halogens is 1. The number of amidine groups is 1. The summed E-state index contributed by atoms with van der Waals surface area (Å²) in [6, 6.07) is 15.4. The normalized spacial score (nSPS) is 10.1. The van der Waals surface area contributed by atoms with Crippen molar-refractivity contribution in [3.63, 3.8) is 0 Å². The molecule has 0 aliphatic carbocycles. The van der Waals surface area contributed by atoms with E-state index in [1.54, 1.807) is 6.07 Å². The lowest BCUT2D eigenvalue weighted by Gasteiger charge is -2.10. The first-order valence-corrected chi connectivity index (χ1v) is 6.55. The minimum atomic E-state index is 0.0215. The molecule has 0 radical (unpaired) electrons. The van der Waals surface area contributed by atoms with Crippen LogP contribution in [0.4, 0.5) is 0 Å². The summed E-state index contributed by atoms with van der Waals surface area (Å²) in [4.78, 5) is 0. The van der Waals surface area contributed by atoms with Crippen molar-refractivity contribution in [2.75, 3.05) is 0 Å². The molecule has 0 atom stereocenters. The van der Waals surface area contributed by atoms with E-state index in [9.17, 15) is 0 Å². The van der Waals surface area contributed by atoms with Crippen molar-refractivity contribution < 1.29 is 4.74 Å². The van der Waals surface area contributed by atoms with Crippen LogP contribution in [0.15, 0.2) is 48.5 Å². The summed E-state index contributed by atoms with van der Waals surface area (Å²) < 4.78 is 6.90. The van der Waals surface area contributed by atoms with Gasteiger partial charge in [0, 0.05) is 3.57 Å². The van der Waals surface area contributed by atoms with E-state index < -0.39 is 0 Å². The maximum atomic E-state index is 7.48. The first-order chi connectivity index (χ1) is 8.66. The van der Waals surface area contributed by atoms with Crippen LogP contribution in [-0.4, -0.2) is 5.84 Å². The Morgan fingerprint density at radius 1 is 1.11 bits per heavy atom. The van der Waals surface area contributed by atoms with Crippen LogP contribution in [-0.2, 0) is 6.61 Å². The zero-order valence-corrected chi connectivity index (χ0v) is 11.8. The average Bonchev–Trinajstić information content (AvgIpc) is 2.38. The maximum absolute atomic E-state index is 7.48. The van der Waals surface area contributed by atoms with E-state index in [1.807, 2.05) is 42.5 Å². The number of nitrogens with two attached hydrogens (primary N) is 1. The molecule has 2 rings (SSSR count). The molecule has 0 saturated heterocycles. The fourth-order valence-corrected chi connectivity index (χ4v) is 1.92. The lowest BCUT2D eigenvalue weighted by atomic mass is 10.2. The second-order valence-electron chi connectivity index (χ2n) is 3.82. The summed E-state index contributed by atoms with van der Waals surface area (Å²) >= 11 is 2.26. The lowest BCUT2D eigenvalue weighted by molar-refractivity contribution is 0.305. The number of ether oxygens (including phenoxy) is 1. The largest absolute Gasteiger partial charge is 0.488 e. The van der Waals surface area contributed by atoms with Crippen molar-refractivity contribution >= 4 is 28.4 Å². The molecule has 0 heterocycles. The number of benzene rings is 2. The SMILES string of the molecule is N=C(N)c1ccccc1OCc1ccc(I)cc1. The van der Waals surface area contributed by atoms with Gasteiger partial charge in [-0.25, -0.2) is 0 Å². The molecular formula is C14H13IN2O. The number of nitrogen functional groups attached to an aromatic ring is 1. The zero-order chi connectivity index (χ0) is 13.0. The number of hydrogen-bond acceptors (Lipinski definition) is 2. The van der Waals surface area contributed by atoms with Gasteiger partial charge in [0.15, 0.2) is 0 Å². The van der Waals surface area contributed by atoms with Crippen LogP contribution in [0.1, 0.15) is 11.1 Å². The van der Waals surface area contributed by atoms with E-state index in [1.165, 1.54) is 3.57 Å². The highest BCUT2D eigenvalue weighted by molar-refractivity contribution is 14.1.